The van der Waals surface area contributed by atoms with E-state index in [1.54, 1.807) is 13.2 Å². The van der Waals surface area contributed by atoms with Crippen LogP contribution in [0.2, 0.25) is 5.02 Å². The minimum atomic E-state index is -3.24. The molecule has 5 aliphatic rings. The number of hydrogen-bond donors (Lipinski definition) is 0. The fraction of sp³-hybridized carbons (Fsp3) is 0.600. The zero-order valence-electron chi connectivity index (χ0n) is 29.9. The molecule has 2 aliphatic carbocycles. The number of aryl methyl sites for hydroxylation is 1. The molecule has 0 unspecified atom stereocenters. The number of hydrogen-bond acceptors (Lipinski definition) is 8. The number of rotatable bonds is 6. The third-order valence-electron chi connectivity index (χ3n) is 11.6. The third kappa shape index (κ3) is 8.25. The highest BCUT2D eigenvalue weighted by atomic mass is 35.5. The minimum absolute atomic E-state index is 0.0380. The molecular weight excluding hydrogens is 688 g/mol. The Morgan fingerprint density at radius 3 is 2.76 bits per heavy atom. The number of allylic oxidation sites excluding steroid dienone is 1. The molecule has 2 aromatic carbocycles. The number of anilines is 1. The summed E-state index contributed by atoms with van der Waals surface area (Å²) in [5.41, 5.74) is 3.50. The molecule has 2 bridgehead atoms. The number of nitrogens with zero attached hydrogens (tertiary/aromatic N) is 2. The number of Topliss-reactive ketones (excluding diaryl/α,β-unsaturated/α-hetero) is 1. The summed E-state index contributed by atoms with van der Waals surface area (Å²) in [6.07, 6.45) is 11.4. The van der Waals surface area contributed by atoms with Crippen molar-refractivity contribution in [3.05, 3.63) is 70.3 Å². The van der Waals surface area contributed by atoms with Crippen LogP contribution >= 0.6 is 11.6 Å². The number of amides is 1. The van der Waals surface area contributed by atoms with Crippen molar-refractivity contribution in [3.8, 4) is 5.75 Å². The summed E-state index contributed by atoms with van der Waals surface area (Å²) < 4.78 is 42.9. The maximum Gasteiger partial charge on any atom is 0.285 e. The van der Waals surface area contributed by atoms with E-state index in [0.717, 1.165) is 74.5 Å². The average Bonchev–Trinajstić information content (AvgIpc) is 3.25. The first-order valence-electron chi connectivity index (χ1n) is 18.6. The number of carbonyl (C=O) groups excluding carboxylic acids is 2. The Morgan fingerprint density at radius 2 is 1.98 bits per heavy atom. The van der Waals surface area contributed by atoms with Gasteiger partial charge in [-0.1, -0.05) is 36.7 Å². The highest BCUT2D eigenvalue weighted by molar-refractivity contribution is 7.94. The van der Waals surface area contributed by atoms with Crippen molar-refractivity contribution < 1.29 is 32.7 Å². The van der Waals surface area contributed by atoms with E-state index in [0.29, 0.717) is 43.6 Å². The SMILES string of the molecule is CO[C@H]1/C=C/C[C@H](C)C[S@@](=O)(CC(=O)COC2CCOCC2)=NC(=O)c2ccc3c(c2)N(C[C@@H]2CC[C@H]21)C[C@@]1(CCCc2cc(Cl)ccc21)CO3. The average molecular weight is 739 g/mol. The second kappa shape index (κ2) is 15.7. The maximum atomic E-state index is 14.5. The van der Waals surface area contributed by atoms with Gasteiger partial charge in [0.05, 0.1) is 40.0 Å². The van der Waals surface area contributed by atoms with Gasteiger partial charge in [-0.15, -0.1) is 0 Å². The summed E-state index contributed by atoms with van der Waals surface area (Å²) >= 11 is 6.46. The Balaban J connectivity index is 1.24. The zero-order chi connectivity index (χ0) is 35.6. The maximum absolute atomic E-state index is 14.5. The monoisotopic (exact) mass is 738 g/mol. The van der Waals surface area contributed by atoms with Crippen molar-refractivity contribution in [2.24, 2.45) is 22.1 Å². The largest absolute Gasteiger partial charge is 0.490 e. The van der Waals surface area contributed by atoms with Gasteiger partial charge >= 0.3 is 0 Å². The molecule has 51 heavy (non-hydrogen) atoms. The first-order chi connectivity index (χ1) is 24.6. The molecule has 11 heteroatoms. The molecule has 0 radical (unpaired) electrons. The molecule has 7 rings (SSSR count). The fourth-order valence-corrected chi connectivity index (χ4v) is 11.3. The van der Waals surface area contributed by atoms with Crippen LogP contribution in [0.5, 0.6) is 5.75 Å². The topological polar surface area (TPSA) is 104 Å². The van der Waals surface area contributed by atoms with Gasteiger partial charge in [0.1, 0.15) is 12.4 Å². The van der Waals surface area contributed by atoms with Crippen LogP contribution in [-0.2, 0) is 40.6 Å². The molecular formula is C40H51ClN2O7S. The van der Waals surface area contributed by atoms with Crippen molar-refractivity contribution in [3.63, 3.8) is 0 Å². The quantitative estimate of drug-likeness (QED) is 0.298. The van der Waals surface area contributed by atoms with E-state index in [9.17, 15) is 13.8 Å². The number of benzene rings is 2. The zero-order valence-corrected chi connectivity index (χ0v) is 31.4. The van der Waals surface area contributed by atoms with Crippen LogP contribution in [-0.4, -0.2) is 86.2 Å². The first-order valence-corrected chi connectivity index (χ1v) is 20.8. The Labute approximate surface area is 307 Å². The molecule has 1 saturated carbocycles. The number of methoxy groups -OCH3 is 1. The van der Waals surface area contributed by atoms with Crippen molar-refractivity contribution >= 4 is 38.7 Å². The molecule has 9 nitrogen and oxygen atoms in total. The summed E-state index contributed by atoms with van der Waals surface area (Å²) in [6.45, 7) is 5.09. The normalized spacial score (nSPS) is 32.1. The summed E-state index contributed by atoms with van der Waals surface area (Å²) in [7, 11) is -1.47. The Hall–Kier alpha value is -2.76. The lowest BCUT2D eigenvalue weighted by molar-refractivity contribution is -0.125. The van der Waals surface area contributed by atoms with Crippen molar-refractivity contribution in [1.29, 1.82) is 0 Å². The fourth-order valence-electron chi connectivity index (χ4n) is 8.82. The van der Waals surface area contributed by atoms with E-state index in [4.69, 9.17) is 30.5 Å². The number of fused-ring (bicyclic) bond motifs is 4. The Kier molecular flexibility index (Phi) is 11.3. The highest BCUT2D eigenvalue weighted by Gasteiger charge is 2.44. The van der Waals surface area contributed by atoms with Crippen LogP contribution in [0.3, 0.4) is 0 Å². The third-order valence-corrected chi connectivity index (χ3v) is 14.2. The number of halogens is 1. The van der Waals surface area contributed by atoms with E-state index in [2.05, 4.69) is 33.5 Å². The molecule has 0 N–H and O–H groups in total. The molecule has 2 fully saturated rings. The molecule has 2 aromatic rings. The van der Waals surface area contributed by atoms with Crippen LogP contribution in [0.15, 0.2) is 52.9 Å². The number of carbonyl (C=O) groups is 2. The van der Waals surface area contributed by atoms with Gasteiger partial charge in [-0.05, 0) is 111 Å². The van der Waals surface area contributed by atoms with E-state index < -0.39 is 15.6 Å². The van der Waals surface area contributed by atoms with E-state index in [1.165, 1.54) is 11.1 Å². The Morgan fingerprint density at radius 1 is 1.14 bits per heavy atom. The van der Waals surface area contributed by atoms with Gasteiger partial charge in [0, 0.05) is 55.2 Å². The van der Waals surface area contributed by atoms with Crippen LogP contribution in [0.1, 0.15) is 73.4 Å². The smallest absolute Gasteiger partial charge is 0.285 e. The van der Waals surface area contributed by atoms with E-state index >= 15 is 0 Å². The molecule has 1 spiro atoms. The van der Waals surface area contributed by atoms with Crippen molar-refractivity contribution in [2.75, 3.05) is 63.0 Å². The lowest BCUT2D eigenvalue weighted by Gasteiger charge is -2.46. The van der Waals surface area contributed by atoms with Gasteiger partial charge in [-0.25, -0.2) is 4.21 Å². The van der Waals surface area contributed by atoms with E-state index in [1.807, 2.05) is 25.1 Å². The van der Waals surface area contributed by atoms with Gasteiger partial charge in [-0.3, -0.25) is 9.59 Å². The number of ether oxygens (including phenoxy) is 4. The van der Waals surface area contributed by atoms with Crippen LogP contribution in [0.25, 0.3) is 0 Å². The van der Waals surface area contributed by atoms with Crippen LogP contribution < -0.4 is 9.64 Å². The second-order valence-corrected chi connectivity index (χ2v) is 18.2. The molecule has 3 heterocycles. The molecule has 276 valence electrons. The van der Waals surface area contributed by atoms with Crippen LogP contribution in [0, 0.1) is 17.8 Å². The summed E-state index contributed by atoms with van der Waals surface area (Å²) in [5, 5.41) is 0.746. The standard InChI is InChI=1S/C40H51ClN2O7S/c1-27-5-3-7-37(47-2)34-11-8-30(34)21-43-25-40(16-4-6-28-19-31(41)10-12-35(28)40)26-50-38-13-9-29(20-36(38)43)39(45)42-51(46,23-27)24-32(44)22-49-33-14-17-48-18-15-33/h3,7,9-10,12-13,19-20,27,30,33-34,37H,4-6,8,11,14-18,21-26H2,1-2H3/b7-3+/t27-,30-,34+,37-,40-,51+/m0/s1. The van der Waals surface area contributed by atoms with Crippen molar-refractivity contribution in [1.82, 2.24) is 0 Å². The summed E-state index contributed by atoms with van der Waals surface area (Å²) in [5.74, 6) is 0.321. The predicted octanol–water partition coefficient (Wildman–Crippen LogP) is 6.82. The molecule has 6 atom stereocenters. The lowest BCUT2D eigenvalue weighted by atomic mass is 9.68. The van der Waals surface area contributed by atoms with Crippen LogP contribution in [0.4, 0.5) is 5.69 Å². The van der Waals surface area contributed by atoms with Gasteiger partial charge in [-0.2, -0.15) is 4.36 Å². The van der Waals surface area contributed by atoms with Gasteiger partial charge in [0.25, 0.3) is 5.91 Å². The second-order valence-electron chi connectivity index (χ2n) is 15.4. The predicted molar refractivity (Wildman–Crippen MR) is 200 cm³/mol. The molecule has 1 amide bonds. The van der Waals surface area contributed by atoms with Gasteiger partial charge in [0.15, 0.2) is 5.78 Å². The van der Waals surface area contributed by atoms with E-state index in [-0.39, 0.29) is 47.4 Å². The minimum Gasteiger partial charge on any atom is -0.490 e. The molecule has 1 saturated heterocycles. The number of ketones is 1. The summed E-state index contributed by atoms with van der Waals surface area (Å²) in [6, 6.07) is 11.7. The lowest BCUT2D eigenvalue weighted by Crippen LogP contribution is -2.49. The first kappa shape index (κ1) is 36.6. The molecule has 3 aliphatic heterocycles. The summed E-state index contributed by atoms with van der Waals surface area (Å²) in [4.78, 5) is 29.6. The molecule has 0 aromatic heterocycles. The van der Waals surface area contributed by atoms with Crippen molar-refractivity contribution in [2.45, 2.75) is 75.9 Å². The van der Waals surface area contributed by atoms with Gasteiger partial charge < -0.3 is 23.8 Å². The highest BCUT2D eigenvalue weighted by Crippen LogP contribution is 2.47. The Bertz CT molecular complexity index is 1770. The van der Waals surface area contributed by atoms with Gasteiger partial charge in [0.2, 0.25) is 0 Å².